The summed E-state index contributed by atoms with van der Waals surface area (Å²) in [7, 11) is 0. The van der Waals surface area contributed by atoms with Gasteiger partial charge in [0.05, 0.1) is 19.4 Å². The summed E-state index contributed by atoms with van der Waals surface area (Å²) < 4.78 is 4.86. The quantitative estimate of drug-likeness (QED) is 0.494. The van der Waals surface area contributed by atoms with Gasteiger partial charge >= 0.3 is 0 Å². The molecule has 0 aromatic carbocycles. The van der Waals surface area contributed by atoms with Gasteiger partial charge in [-0.15, -0.1) is 0 Å². The molecule has 0 aliphatic carbocycles. The third-order valence-corrected chi connectivity index (χ3v) is 2.54. The van der Waals surface area contributed by atoms with Gasteiger partial charge < -0.3 is 15.1 Å². The van der Waals surface area contributed by atoms with Crippen LogP contribution in [0.4, 0.5) is 0 Å². The summed E-state index contributed by atoms with van der Waals surface area (Å²) >= 11 is 0. The first-order chi connectivity index (χ1) is 10.9. The molecular formula is C14H20N4O5. The van der Waals surface area contributed by atoms with Crippen LogP contribution in [0.3, 0.4) is 0 Å². The van der Waals surface area contributed by atoms with Gasteiger partial charge in [0, 0.05) is 6.42 Å². The molecule has 9 heteroatoms. The third kappa shape index (κ3) is 7.65. The fourth-order valence-electron chi connectivity index (χ4n) is 1.50. The molecule has 0 aliphatic rings. The maximum absolute atomic E-state index is 11.5. The molecule has 1 aromatic heterocycles. The molecule has 0 unspecified atom stereocenters. The van der Waals surface area contributed by atoms with E-state index >= 15 is 0 Å². The molecule has 4 amide bonds. The molecule has 0 aliphatic heterocycles. The lowest BCUT2D eigenvalue weighted by Gasteiger charge is -2.09. The maximum Gasteiger partial charge on any atom is 0.287 e. The highest BCUT2D eigenvalue weighted by molar-refractivity contribution is 5.94. The van der Waals surface area contributed by atoms with E-state index in [2.05, 4.69) is 21.5 Å². The number of nitrogens with one attached hydrogen (secondary N) is 4. The second-order valence-electron chi connectivity index (χ2n) is 5.13. The van der Waals surface area contributed by atoms with Gasteiger partial charge in [0.15, 0.2) is 5.76 Å². The molecular weight excluding hydrogens is 304 g/mol. The predicted molar refractivity (Wildman–Crippen MR) is 79.8 cm³/mol. The minimum absolute atomic E-state index is 0.0865. The number of hydrazine groups is 1. The lowest BCUT2D eigenvalue weighted by molar-refractivity contribution is -0.129. The van der Waals surface area contributed by atoms with Crippen LogP contribution in [0.5, 0.6) is 0 Å². The topological polar surface area (TPSA) is 130 Å². The predicted octanol–water partition coefficient (Wildman–Crippen LogP) is -0.681. The standard InChI is InChI=1S/C14H20N4O5/c1-9(2)6-11(19)17-18-13(21)8-15-12(20)7-16-14(22)10-4-3-5-23-10/h3-5,9H,6-8H2,1-2H3,(H,15,20)(H,16,22)(H,17,19)(H,18,21). The van der Waals surface area contributed by atoms with E-state index in [9.17, 15) is 19.2 Å². The van der Waals surface area contributed by atoms with Crippen molar-refractivity contribution in [3.05, 3.63) is 24.2 Å². The van der Waals surface area contributed by atoms with E-state index in [0.29, 0.717) is 0 Å². The van der Waals surface area contributed by atoms with Crippen LogP contribution in [0.2, 0.25) is 0 Å². The van der Waals surface area contributed by atoms with Crippen LogP contribution in [0, 0.1) is 5.92 Å². The molecule has 0 atom stereocenters. The highest BCUT2D eigenvalue weighted by Gasteiger charge is 2.11. The van der Waals surface area contributed by atoms with Crippen molar-refractivity contribution in [2.75, 3.05) is 13.1 Å². The van der Waals surface area contributed by atoms with Gasteiger partial charge in [0.25, 0.3) is 11.8 Å². The Labute approximate surface area is 133 Å². The van der Waals surface area contributed by atoms with E-state index in [1.807, 2.05) is 13.8 Å². The van der Waals surface area contributed by atoms with Gasteiger partial charge in [-0.1, -0.05) is 13.8 Å². The normalized spacial score (nSPS) is 10.0. The van der Waals surface area contributed by atoms with E-state index in [1.54, 1.807) is 6.07 Å². The minimum Gasteiger partial charge on any atom is -0.459 e. The number of furan rings is 1. The fraction of sp³-hybridized carbons (Fsp3) is 0.429. The van der Waals surface area contributed by atoms with Crippen LogP contribution in [-0.2, 0) is 14.4 Å². The van der Waals surface area contributed by atoms with E-state index in [0.717, 1.165) is 0 Å². The Balaban J connectivity index is 2.16. The summed E-state index contributed by atoms with van der Waals surface area (Å²) in [5.41, 5.74) is 4.41. The minimum atomic E-state index is -0.576. The van der Waals surface area contributed by atoms with Crippen molar-refractivity contribution in [2.24, 2.45) is 5.92 Å². The summed E-state index contributed by atoms with van der Waals surface area (Å²) in [5.74, 6) is -1.71. The largest absolute Gasteiger partial charge is 0.459 e. The van der Waals surface area contributed by atoms with Gasteiger partial charge in [-0.3, -0.25) is 30.0 Å². The number of amides is 4. The average molecular weight is 324 g/mol. The molecule has 9 nitrogen and oxygen atoms in total. The van der Waals surface area contributed by atoms with Crippen LogP contribution in [0.1, 0.15) is 30.8 Å². The van der Waals surface area contributed by atoms with Gasteiger partial charge in [-0.2, -0.15) is 0 Å². The zero-order valence-corrected chi connectivity index (χ0v) is 13.0. The molecule has 1 rings (SSSR count). The molecule has 23 heavy (non-hydrogen) atoms. The Kier molecular flexibility index (Phi) is 7.31. The van der Waals surface area contributed by atoms with Crippen molar-refractivity contribution < 1.29 is 23.6 Å². The number of carbonyl (C=O) groups excluding carboxylic acids is 4. The zero-order valence-electron chi connectivity index (χ0n) is 13.0. The molecule has 0 bridgehead atoms. The monoisotopic (exact) mass is 324 g/mol. The second kappa shape index (κ2) is 9.23. The van der Waals surface area contributed by atoms with Crippen LogP contribution >= 0.6 is 0 Å². The molecule has 0 spiro atoms. The van der Waals surface area contributed by atoms with Crippen molar-refractivity contribution in [1.29, 1.82) is 0 Å². The van der Waals surface area contributed by atoms with Crippen molar-refractivity contribution in [2.45, 2.75) is 20.3 Å². The smallest absolute Gasteiger partial charge is 0.287 e. The summed E-state index contributed by atoms with van der Waals surface area (Å²) in [6, 6.07) is 3.01. The van der Waals surface area contributed by atoms with Crippen LogP contribution in [0.25, 0.3) is 0 Å². The first-order valence-corrected chi connectivity index (χ1v) is 7.04. The summed E-state index contributed by atoms with van der Waals surface area (Å²) in [6.45, 7) is 3.13. The molecule has 0 saturated heterocycles. The highest BCUT2D eigenvalue weighted by Crippen LogP contribution is 1.98. The van der Waals surface area contributed by atoms with Crippen LogP contribution in [0.15, 0.2) is 22.8 Å². The van der Waals surface area contributed by atoms with Crippen molar-refractivity contribution in [3.8, 4) is 0 Å². The third-order valence-electron chi connectivity index (χ3n) is 2.54. The van der Waals surface area contributed by atoms with E-state index in [-0.39, 0.29) is 37.1 Å². The maximum atomic E-state index is 11.5. The van der Waals surface area contributed by atoms with Gasteiger partial charge in [0.1, 0.15) is 0 Å². The molecule has 126 valence electrons. The lowest BCUT2D eigenvalue weighted by atomic mass is 10.1. The first-order valence-electron chi connectivity index (χ1n) is 7.04. The highest BCUT2D eigenvalue weighted by atomic mass is 16.3. The summed E-state index contributed by atoms with van der Waals surface area (Å²) in [5, 5.41) is 4.63. The van der Waals surface area contributed by atoms with Crippen molar-refractivity contribution >= 4 is 23.6 Å². The Hall–Kier alpha value is -2.84. The fourth-order valence-corrected chi connectivity index (χ4v) is 1.50. The lowest BCUT2D eigenvalue weighted by Crippen LogP contribution is -2.47. The van der Waals surface area contributed by atoms with Gasteiger partial charge in [0.2, 0.25) is 11.8 Å². The van der Waals surface area contributed by atoms with Crippen LogP contribution < -0.4 is 21.5 Å². The molecule has 0 fully saturated rings. The number of carbonyl (C=O) groups is 4. The average Bonchev–Trinajstić information content (AvgIpc) is 3.02. The molecule has 0 saturated carbocycles. The van der Waals surface area contributed by atoms with Gasteiger partial charge in [-0.05, 0) is 18.1 Å². The van der Waals surface area contributed by atoms with Crippen LogP contribution in [-0.4, -0.2) is 36.7 Å². The Morgan fingerprint density at radius 1 is 1.00 bits per heavy atom. The van der Waals surface area contributed by atoms with Crippen molar-refractivity contribution in [1.82, 2.24) is 21.5 Å². The number of hydrogen-bond acceptors (Lipinski definition) is 5. The van der Waals surface area contributed by atoms with E-state index in [1.165, 1.54) is 12.3 Å². The molecule has 1 heterocycles. The summed E-state index contributed by atoms with van der Waals surface area (Å²) in [4.78, 5) is 45.7. The summed E-state index contributed by atoms with van der Waals surface area (Å²) in [6.07, 6.45) is 1.62. The Morgan fingerprint density at radius 3 is 2.26 bits per heavy atom. The van der Waals surface area contributed by atoms with Gasteiger partial charge in [-0.25, -0.2) is 0 Å². The molecule has 1 aromatic rings. The SMILES string of the molecule is CC(C)CC(=O)NNC(=O)CNC(=O)CNC(=O)c1ccco1. The number of rotatable bonds is 7. The second-order valence-corrected chi connectivity index (χ2v) is 5.13. The first kappa shape index (κ1) is 18.2. The van der Waals surface area contributed by atoms with E-state index in [4.69, 9.17) is 4.42 Å². The Bertz CT molecular complexity index is 554. The zero-order chi connectivity index (χ0) is 17.2. The molecule has 4 N–H and O–H groups in total. The molecule has 0 radical (unpaired) electrons. The van der Waals surface area contributed by atoms with Crippen molar-refractivity contribution in [3.63, 3.8) is 0 Å². The Morgan fingerprint density at radius 2 is 1.65 bits per heavy atom. The van der Waals surface area contributed by atoms with E-state index < -0.39 is 17.7 Å². The number of hydrogen-bond donors (Lipinski definition) is 4.